The zero-order valence-electron chi connectivity index (χ0n) is 13.4. The van der Waals surface area contributed by atoms with E-state index >= 15 is 0 Å². The molecular formula is C17H25N3O2. The van der Waals surface area contributed by atoms with E-state index in [1.807, 2.05) is 18.2 Å². The summed E-state index contributed by atoms with van der Waals surface area (Å²) in [6.07, 6.45) is 5.06. The van der Waals surface area contributed by atoms with Crippen molar-refractivity contribution in [3.8, 4) is 0 Å². The second kappa shape index (κ2) is 7.29. The molecule has 1 aromatic rings. The summed E-state index contributed by atoms with van der Waals surface area (Å²) in [5, 5.41) is 5.77. The summed E-state index contributed by atoms with van der Waals surface area (Å²) in [7, 11) is 3.35. The number of hydrogen-bond acceptors (Lipinski definition) is 2. The summed E-state index contributed by atoms with van der Waals surface area (Å²) in [6.45, 7) is 0.0280. The van der Waals surface area contributed by atoms with Gasteiger partial charge in [-0.15, -0.1) is 0 Å². The molecule has 1 aliphatic rings. The molecule has 0 atom stereocenters. The third-order valence-electron chi connectivity index (χ3n) is 4.22. The molecule has 0 heterocycles. The molecule has 2 N–H and O–H groups in total. The summed E-state index contributed by atoms with van der Waals surface area (Å²) in [4.78, 5) is 25.1. The molecule has 0 unspecified atom stereocenters. The van der Waals surface area contributed by atoms with Gasteiger partial charge in [-0.25, -0.2) is 4.79 Å². The largest absolute Gasteiger partial charge is 0.347 e. The Balaban J connectivity index is 1.94. The van der Waals surface area contributed by atoms with Gasteiger partial charge in [-0.3, -0.25) is 4.79 Å². The lowest BCUT2D eigenvalue weighted by Crippen LogP contribution is -2.53. The molecule has 0 saturated heterocycles. The maximum absolute atomic E-state index is 12.1. The van der Waals surface area contributed by atoms with Crippen LogP contribution < -0.4 is 10.6 Å². The highest BCUT2D eigenvalue weighted by molar-refractivity contribution is 5.84. The average Bonchev–Trinajstić information content (AvgIpc) is 2.93. The number of likely N-dealkylation sites (N-methyl/N-ethyl adjacent to an activating group) is 1. The fourth-order valence-electron chi connectivity index (χ4n) is 2.98. The van der Waals surface area contributed by atoms with Crippen molar-refractivity contribution < 1.29 is 9.59 Å². The average molecular weight is 303 g/mol. The third kappa shape index (κ3) is 4.48. The topological polar surface area (TPSA) is 61.4 Å². The highest BCUT2D eigenvalue weighted by atomic mass is 16.2. The van der Waals surface area contributed by atoms with Crippen molar-refractivity contribution in [1.29, 1.82) is 0 Å². The molecule has 0 aliphatic heterocycles. The van der Waals surface area contributed by atoms with Gasteiger partial charge in [0.15, 0.2) is 0 Å². The predicted molar refractivity (Wildman–Crippen MR) is 86.6 cm³/mol. The number of carbonyl (C=O) groups excluding carboxylic acids is 2. The molecule has 2 rings (SSSR count). The fourth-order valence-corrected chi connectivity index (χ4v) is 2.98. The van der Waals surface area contributed by atoms with Gasteiger partial charge >= 0.3 is 6.03 Å². The zero-order chi connectivity index (χ0) is 16.0. The number of rotatable bonds is 5. The van der Waals surface area contributed by atoms with Crippen LogP contribution in [0.4, 0.5) is 4.79 Å². The second-order valence-corrected chi connectivity index (χ2v) is 6.25. The maximum Gasteiger partial charge on any atom is 0.315 e. The highest BCUT2D eigenvalue weighted by Gasteiger charge is 2.35. The number of nitrogens with zero attached hydrogens (tertiary/aromatic N) is 1. The molecule has 120 valence electrons. The Bertz CT molecular complexity index is 508. The molecule has 1 fully saturated rings. The Hall–Kier alpha value is -2.04. The Kier molecular flexibility index (Phi) is 5.41. The van der Waals surface area contributed by atoms with E-state index in [0.29, 0.717) is 0 Å². The smallest absolute Gasteiger partial charge is 0.315 e. The van der Waals surface area contributed by atoms with Gasteiger partial charge in [0.2, 0.25) is 5.91 Å². The van der Waals surface area contributed by atoms with Crippen LogP contribution >= 0.6 is 0 Å². The first-order valence-electron chi connectivity index (χ1n) is 7.81. The number of amides is 3. The van der Waals surface area contributed by atoms with Gasteiger partial charge < -0.3 is 15.5 Å². The molecule has 1 aromatic carbocycles. The van der Waals surface area contributed by atoms with Crippen LogP contribution in [0.15, 0.2) is 30.3 Å². The van der Waals surface area contributed by atoms with Crippen molar-refractivity contribution >= 4 is 11.9 Å². The standard InChI is InChI=1S/C17H25N3O2/c1-20(2)15(21)13-18-16(22)19-17(10-6-7-11-17)12-14-8-4-3-5-9-14/h3-5,8-9H,6-7,10-13H2,1-2H3,(H2,18,19,22). The zero-order valence-corrected chi connectivity index (χ0v) is 13.4. The quantitative estimate of drug-likeness (QED) is 0.873. The lowest BCUT2D eigenvalue weighted by Gasteiger charge is -2.30. The van der Waals surface area contributed by atoms with Crippen LogP contribution in [0.1, 0.15) is 31.2 Å². The number of benzene rings is 1. The first-order chi connectivity index (χ1) is 10.5. The number of urea groups is 1. The van der Waals surface area contributed by atoms with E-state index in [1.54, 1.807) is 14.1 Å². The molecule has 0 radical (unpaired) electrons. The molecule has 0 bridgehead atoms. The molecule has 1 saturated carbocycles. The number of hydrogen-bond donors (Lipinski definition) is 2. The lowest BCUT2D eigenvalue weighted by molar-refractivity contribution is -0.127. The van der Waals surface area contributed by atoms with Crippen molar-refractivity contribution in [2.24, 2.45) is 0 Å². The SMILES string of the molecule is CN(C)C(=O)CNC(=O)NC1(Cc2ccccc2)CCCC1. The van der Waals surface area contributed by atoms with E-state index in [-0.39, 0.29) is 24.0 Å². The molecule has 0 spiro atoms. The van der Waals surface area contributed by atoms with Crippen LogP contribution in [-0.2, 0) is 11.2 Å². The summed E-state index contributed by atoms with van der Waals surface area (Å²) in [6, 6.07) is 9.97. The van der Waals surface area contributed by atoms with E-state index in [1.165, 1.54) is 10.5 Å². The van der Waals surface area contributed by atoms with E-state index in [2.05, 4.69) is 22.8 Å². The summed E-state index contributed by atoms with van der Waals surface area (Å²) in [5.41, 5.74) is 1.04. The Morgan fingerprint density at radius 1 is 1.14 bits per heavy atom. The van der Waals surface area contributed by atoms with Gasteiger partial charge in [-0.05, 0) is 24.8 Å². The fraction of sp³-hybridized carbons (Fsp3) is 0.529. The minimum absolute atomic E-state index is 0.0280. The van der Waals surface area contributed by atoms with Crippen LogP contribution in [0.3, 0.4) is 0 Å². The molecule has 22 heavy (non-hydrogen) atoms. The first-order valence-corrected chi connectivity index (χ1v) is 7.81. The van der Waals surface area contributed by atoms with E-state index < -0.39 is 0 Å². The van der Waals surface area contributed by atoms with Gasteiger partial charge in [-0.2, -0.15) is 0 Å². The Morgan fingerprint density at radius 2 is 1.77 bits per heavy atom. The molecule has 1 aliphatic carbocycles. The molecule has 0 aromatic heterocycles. The summed E-state index contributed by atoms with van der Waals surface area (Å²) in [5.74, 6) is -0.112. The Labute approximate surface area is 132 Å². The summed E-state index contributed by atoms with van der Waals surface area (Å²) < 4.78 is 0. The van der Waals surface area contributed by atoms with E-state index in [0.717, 1.165) is 32.1 Å². The van der Waals surface area contributed by atoms with Crippen molar-refractivity contribution in [2.45, 2.75) is 37.6 Å². The van der Waals surface area contributed by atoms with E-state index in [9.17, 15) is 9.59 Å². The molecule has 5 nitrogen and oxygen atoms in total. The van der Waals surface area contributed by atoms with Crippen LogP contribution in [0.5, 0.6) is 0 Å². The van der Waals surface area contributed by atoms with Gasteiger partial charge in [0.25, 0.3) is 0 Å². The first kappa shape index (κ1) is 16.3. The Morgan fingerprint density at radius 3 is 2.36 bits per heavy atom. The lowest BCUT2D eigenvalue weighted by atomic mass is 9.89. The number of carbonyl (C=O) groups is 2. The van der Waals surface area contributed by atoms with Crippen LogP contribution in [0, 0.1) is 0 Å². The minimum atomic E-state index is -0.256. The van der Waals surface area contributed by atoms with Crippen molar-refractivity contribution in [3.63, 3.8) is 0 Å². The predicted octanol–water partition coefficient (Wildman–Crippen LogP) is 1.93. The molecular weight excluding hydrogens is 278 g/mol. The van der Waals surface area contributed by atoms with Crippen molar-refractivity contribution in [3.05, 3.63) is 35.9 Å². The van der Waals surface area contributed by atoms with Crippen LogP contribution in [0.25, 0.3) is 0 Å². The normalized spacial score (nSPS) is 16.1. The third-order valence-corrected chi connectivity index (χ3v) is 4.22. The minimum Gasteiger partial charge on any atom is -0.347 e. The highest BCUT2D eigenvalue weighted by Crippen LogP contribution is 2.32. The van der Waals surface area contributed by atoms with Gasteiger partial charge in [0.05, 0.1) is 6.54 Å². The second-order valence-electron chi connectivity index (χ2n) is 6.25. The summed E-state index contributed by atoms with van der Waals surface area (Å²) >= 11 is 0. The maximum atomic E-state index is 12.1. The van der Waals surface area contributed by atoms with Crippen LogP contribution in [-0.4, -0.2) is 43.0 Å². The van der Waals surface area contributed by atoms with E-state index in [4.69, 9.17) is 0 Å². The molecule has 3 amide bonds. The monoisotopic (exact) mass is 303 g/mol. The van der Waals surface area contributed by atoms with Gasteiger partial charge in [0, 0.05) is 19.6 Å². The number of nitrogens with one attached hydrogen (secondary N) is 2. The van der Waals surface area contributed by atoms with Gasteiger partial charge in [-0.1, -0.05) is 43.2 Å². The van der Waals surface area contributed by atoms with Gasteiger partial charge in [0.1, 0.15) is 0 Å². The van der Waals surface area contributed by atoms with Crippen LogP contribution in [0.2, 0.25) is 0 Å². The molecule has 5 heteroatoms. The van der Waals surface area contributed by atoms with Crippen molar-refractivity contribution in [2.75, 3.05) is 20.6 Å². The van der Waals surface area contributed by atoms with Crippen molar-refractivity contribution in [1.82, 2.24) is 15.5 Å².